The van der Waals surface area contributed by atoms with Gasteiger partial charge in [0.15, 0.2) is 5.82 Å². The summed E-state index contributed by atoms with van der Waals surface area (Å²) in [7, 11) is 0. The quantitative estimate of drug-likeness (QED) is 0.753. The van der Waals surface area contributed by atoms with Crippen molar-refractivity contribution >= 4 is 5.97 Å². The van der Waals surface area contributed by atoms with E-state index in [1.54, 1.807) is 6.92 Å². The van der Waals surface area contributed by atoms with Crippen molar-refractivity contribution in [1.29, 1.82) is 0 Å². The molecule has 1 N–H and O–H groups in total. The molecule has 0 saturated carbocycles. The molecule has 0 bridgehead atoms. The van der Waals surface area contributed by atoms with Crippen molar-refractivity contribution in [1.82, 2.24) is 20.2 Å². The van der Waals surface area contributed by atoms with E-state index in [0.29, 0.717) is 5.82 Å². The Hall–Kier alpha value is -1.46. The summed E-state index contributed by atoms with van der Waals surface area (Å²) in [6.45, 7) is 7.35. The molecule has 6 nitrogen and oxygen atoms in total. The Bertz CT molecular complexity index is 339. The highest BCUT2D eigenvalue weighted by molar-refractivity contribution is 5.71. The monoisotopic (exact) mass is 198 g/mol. The molecule has 0 radical (unpaired) electrons. The zero-order chi connectivity index (χ0) is 10.9. The maximum Gasteiger partial charge on any atom is 0.328 e. The first-order valence-electron chi connectivity index (χ1n) is 4.35. The standard InChI is InChI=1S/C8H14N4O2/c1-5(6(13)14)12-7(8(2,3)4)9-10-11-12/h5H,1-4H3,(H,13,14)/t5-/m1/s1. The van der Waals surface area contributed by atoms with E-state index in [4.69, 9.17) is 5.11 Å². The molecule has 1 rings (SSSR count). The van der Waals surface area contributed by atoms with Gasteiger partial charge in [0.25, 0.3) is 0 Å². The fourth-order valence-electron chi connectivity index (χ4n) is 1.05. The molecule has 0 aliphatic rings. The van der Waals surface area contributed by atoms with Gasteiger partial charge in [0.2, 0.25) is 0 Å². The van der Waals surface area contributed by atoms with Gasteiger partial charge in [0.1, 0.15) is 6.04 Å². The van der Waals surface area contributed by atoms with Crippen molar-refractivity contribution in [2.75, 3.05) is 0 Å². The Morgan fingerprint density at radius 1 is 1.50 bits per heavy atom. The summed E-state index contributed by atoms with van der Waals surface area (Å²) < 4.78 is 1.34. The molecule has 1 atom stereocenters. The van der Waals surface area contributed by atoms with Crippen LogP contribution in [0.5, 0.6) is 0 Å². The van der Waals surface area contributed by atoms with Crippen molar-refractivity contribution in [2.24, 2.45) is 0 Å². The summed E-state index contributed by atoms with van der Waals surface area (Å²) in [5.74, 6) is -0.366. The van der Waals surface area contributed by atoms with Crippen LogP contribution in [0.25, 0.3) is 0 Å². The number of carboxylic acid groups (broad SMARTS) is 1. The maximum absolute atomic E-state index is 10.8. The molecule has 0 aromatic carbocycles. The van der Waals surface area contributed by atoms with E-state index in [2.05, 4.69) is 15.5 Å². The van der Waals surface area contributed by atoms with Gasteiger partial charge in [-0.3, -0.25) is 0 Å². The van der Waals surface area contributed by atoms with Gasteiger partial charge in [-0.05, 0) is 17.4 Å². The SMILES string of the molecule is C[C@H](C(=O)O)n1nnnc1C(C)(C)C. The Morgan fingerprint density at radius 2 is 2.07 bits per heavy atom. The summed E-state index contributed by atoms with van der Waals surface area (Å²) in [6.07, 6.45) is 0. The second-order valence-electron chi connectivity index (χ2n) is 4.21. The second kappa shape index (κ2) is 3.36. The van der Waals surface area contributed by atoms with Gasteiger partial charge < -0.3 is 5.11 Å². The van der Waals surface area contributed by atoms with Gasteiger partial charge in [0.05, 0.1) is 0 Å². The predicted octanol–water partition coefficient (Wildman–Crippen LogP) is 0.616. The average molecular weight is 198 g/mol. The van der Waals surface area contributed by atoms with Crippen LogP contribution in [-0.2, 0) is 10.2 Å². The van der Waals surface area contributed by atoms with Crippen molar-refractivity contribution in [3.05, 3.63) is 5.82 Å². The lowest BCUT2D eigenvalue weighted by molar-refractivity contribution is -0.140. The number of hydrogen-bond donors (Lipinski definition) is 1. The number of aliphatic carboxylic acids is 1. The van der Waals surface area contributed by atoms with Crippen LogP contribution in [0.4, 0.5) is 0 Å². The number of tetrazole rings is 1. The summed E-state index contributed by atoms with van der Waals surface area (Å²) in [5.41, 5.74) is -0.257. The summed E-state index contributed by atoms with van der Waals surface area (Å²) in [4.78, 5) is 10.8. The molecule has 0 fully saturated rings. The molecule has 0 saturated heterocycles. The summed E-state index contributed by atoms with van der Waals surface area (Å²) in [5, 5.41) is 19.8. The first kappa shape index (κ1) is 10.6. The zero-order valence-corrected chi connectivity index (χ0v) is 8.72. The highest BCUT2D eigenvalue weighted by atomic mass is 16.4. The molecular weight excluding hydrogens is 184 g/mol. The van der Waals surface area contributed by atoms with Crippen LogP contribution in [-0.4, -0.2) is 31.3 Å². The number of rotatable bonds is 2. The van der Waals surface area contributed by atoms with Gasteiger partial charge in [0, 0.05) is 5.41 Å². The van der Waals surface area contributed by atoms with Gasteiger partial charge in [-0.1, -0.05) is 20.8 Å². The molecule has 78 valence electrons. The average Bonchev–Trinajstić information content (AvgIpc) is 2.48. The van der Waals surface area contributed by atoms with Crippen LogP contribution < -0.4 is 0 Å². The van der Waals surface area contributed by atoms with Crippen molar-refractivity contribution in [2.45, 2.75) is 39.2 Å². The maximum atomic E-state index is 10.8. The second-order valence-corrected chi connectivity index (χ2v) is 4.21. The molecule has 0 spiro atoms. The van der Waals surface area contributed by atoms with Gasteiger partial charge in [-0.15, -0.1) is 5.10 Å². The highest BCUT2D eigenvalue weighted by Gasteiger charge is 2.26. The molecule has 1 aromatic heterocycles. The Balaban J connectivity index is 3.11. The van der Waals surface area contributed by atoms with Gasteiger partial charge in [-0.25, -0.2) is 9.48 Å². The van der Waals surface area contributed by atoms with E-state index in [-0.39, 0.29) is 5.41 Å². The molecule has 6 heteroatoms. The number of carboxylic acids is 1. The lowest BCUT2D eigenvalue weighted by Crippen LogP contribution is -2.25. The number of nitrogens with zero attached hydrogens (tertiary/aromatic N) is 4. The van der Waals surface area contributed by atoms with E-state index >= 15 is 0 Å². The fourth-order valence-corrected chi connectivity index (χ4v) is 1.05. The van der Waals surface area contributed by atoms with Crippen LogP contribution in [0.1, 0.15) is 39.6 Å². The lowest BCUT2D eigenvalue weighted by atomic mass is 9.95. The van der Waals surface area contributed by atoms with E-state index < -0.39 is 12.0 Å². The Labute approximate surface area is 81.9 Å². The van der Waals surface area contributed by atoms with Crippen LogP contribution in [0.15, 0.2) is 0 Å². The first-order chi connectivity index (χ1) is 6.34. The zero-order valence-electron chi connectivity index (χ0n) is 8.72. The highest BCUT2D eigenvalue weighted by Crippen LogP contribution is 2.21. The third kappa shape index (κ3) is 1.89. The van der Waals surface area contributed by atoms with Gasteiger partial charge >= 0.3 is 5.97 Å². The number of carbonyl (C=O) groups is 1. The third-order valence-electron chi connectivity index (χ3n) is 1.89. The Morgan fingerprint density at radius 3 is 2.50 bits per heavy atom. The minimum Gasteiger partial charge on any atom is -0.480 e. The van der Waals surface area contributed by atoms with Crippen molar-refractivity contribution in [3.8, 4) is 0 Å². The van der Waals surface area contributed by atoms with E-state index in [0.717, 1.165) is 0 Å². The smallest absolute Gasteiger partial charge is 0.328 e. The van der Waals surface area contributed by atoms with Crippen LogP contribution in [0.3, 0.4) is 0 Å². The molecule has 0 unspecified atom stereocenters. The fraction of sp³-hybridized carbons (Fsp3) is 0.750. The minimum atomic E-state index is -0.942. The first-order valence-corrected chi connectivity index (χ1v) is 4.35. The molecule has 0 amide bonds. The number of aromatic nitrogens is 4. The normalized spacial score (nSPS) is 14.0. The van der Waals surface area contributed by atoms with Crippen LogP contribution >= 0.6 is 0 Å². The minimum absolute atomic E-state index is 0.257. The predicted molar refractivity (Wildman–Crippen MR) is 48.9 cm³/mol. The molecule has 1 heterocycles. The van der Waals surface area contributed by atoms with Crippen molar-refractivity contribution in [3.63, 3.8) is 0 Å². The van der Waals surface area contributed by atoms with Crippen LogP contribution in [0, 0.1) is 0 Å². The molecule has 0 aliphatic carbocycles. The van der Waals surface area contributed by atoms with Crippen molar-refractivity contribution < 1.29 is 9.90 Å². The number of hydrogen-bond acceptors (Lipinski definition) is 4. The van der Waals surface area contributed by atoms with E-state index in [1.165, 1.54) is 4.68 Å². The molecule has 0 aliphatic heterocycles. The van der Waals surface area contributed by atoms with Crippen LogP contribution in [0.2, 0.25) is 0 Å². The largest absolute Gasteiger partial charge is 0.480 e. The van der Waals surface area contributed by atoms with Gasteiger partial charge in [-0.2, -0.15) is 0 Å². The molecular formula is C8H14N4O2. The lowest BCUT2D eigenvalue weighted by Gasteiger charge is -2.18. The molecule has 1 aromatic rings. The summed E-state index contributed by atoms with van der Waals surface area (Å²) >= 11 is 0. The van der Waals surface area contributed by atoms with E-state index in [1.807, 2.05) is 20.8 Å². The Kier molecular flexibility index (Phi) is 2.55. The topological polar surface area (TPSA) is 80.9 Å². The molecule has 14 heavy (non-hydrogen) atoms. The third-order valence-corrected chi connectivity index (χ3v) is 1.89. The van der Waals surface area contributed by atoms with E-state index in [9.17, 15) is 4.79 Å². The summed E-state index contributed by atoms with van der Waals surface area (Å²) in [6, 6.07) is -0.737.